The van der Waals surface area contributed by atoms with Crippen LogP contribution in [0.25, 0.3) is 0 Å². The van der Waals surface area contributed by atoms with Crippen molar-refractivity contribution in [1.29, 1.82) is 0 Å². The number of carbonyl (C=O) groups excluding carboxylic acids is 1. The first kappa shape index (κ1) is 23.5. The van der Waals surface area contributed by atoms with Gasteiger partial charge in [-0.05, 0) is 67.4 Å². The van der Waals surface area contributed by atoms with Crippen molar-refractivity contribution in [3.05, 3.63) is 79.0 Å². The Morgan fingerprint density at radius 3 is 2.39 bits per heavy atom. The van der Waals surface area contributed by atoms with Gasteiger partial charge in [0.2, 0.25) is 0 Å². The number of benzene rings is 1. The summed E-state index contributed by atoms with van der Waals surface area (Å²) >= 11 is 15.8. The van der Waals surface area contributed by atoms with Crippen LogP contribution in [0.4, 0.5) is 5.69 Å². The first-order valence-corrected chi connectivity index (χ1v) is 11.7. The molecule has 3 aromatic heterocycles. The molecule has 3 heterocycles. The molecule has 0 atom stereocenters. The van der Waals surface area contributed by atoms with Crippen LogP contribution in [0.2, 0.25) is 10.0 Å². The maximum atomic E-state index is 12.9. The average Bonchev–Trinajstić information content (AvgIpc) is 3.40. The molecular weight excluding hydrogens is 529 g/mol. The largest absolute Gasteiger partial charge is 0.317 e. The molecule has 0 spiro atoms. The van der Waals surface area contributed by atoms with Crippen LogP contribution in [0.1, 0.15) is 38.8 Å². The van der Waals surface area contributed by atoms with Crippen molar-refractivity contribution < 1.29 is 4.79 Å². The molecule has 0 saturated heterocycles. The molecule has 33 heavy (non-hydrogen) atoms. The van der Waals surface area contributed by atoms with Crippen LogP contribution in [0, 0.1) is 27.7 Å². The Kier molecular flexibility index (Phi) is 6.65. The number of halogens is 3. The van der Waals surface area contributed by atoms with Gasteiger partial charge in [0.05, 0.1) is 39.5 Å². The highest BCUT2D eigenvalue weighted by molar-refractivity contribution is 9.10. The van der Waals surface area contributed by atoms with Crippen LogP contribution in [0.5, 0.6) is 0 Å². The maximum Gasteiger partial charge on any atom is 0.276 e. The first-order valence-electron chi connectivity index (χ1n) is 10.2. The average molecular weight is 551 g/mol. The monoisotopic (exact) mass is 549 g/mol. The Morgan fingerprint density at radius 1 is 1.00 bits per heavy atom. The Hall–Kier alpha value is -2.62. The third-order valence-electron chi connectivity index (χ3n) is 5.40. The van der Waals surface area contributed by atoms with E-state index in [0.717, 1.165) is 27.1 Å². The lowest BCUT2D eigenvalue weighted by Gasteiger charge is -2.08. The lowest BCUT2D eigenvalue weighted by atomic mass is 10.2. The van der Waals surface area contributed by atoms with E-state index in [4.69, 9.17) is 23.2 Å². The number of aromatic nitrogens is 6. The van der Waals surface area contributed by atoms with Crippen molar-refractivity contribution in [1.82, 2.24) is 29.3 Å². The normalized spacial score (nSPS) is 11.2. The highest BCUT2D eigenvalue weighted by atomic mass is 79.9. The summed E-state index contributed by atoms with van der Waals surface area (Å²) in [7, 11) is 0. The van der Waals surface area contributed by atoms with E-state index in [1.165, 1.54) is 0 Å². The molecule has 0 aliphatic rings. The minimum Gasteiger partial charge on any atom is -0.317 e. The lowest BCUT2D eigenvalue weighted by Crippen LogP contribution is -2.16. The second kappa shape index (κ2) is 9.32. The summed E-state index contributed by atoms with van der Waals surface area (Å²) in [6.45, 7) is 8.53. The van der Waals surface area contributed by atoms with Gasteiger partial charge in [0.15, 0.2) is 5.69 Å². The van der Waals surface area contributed by atoms with Crippen LogP contribution in [0.15, 0.2) is 34.9 Å². The van der Waals surface area contributed by atoms with Gasteiger partial charge in [0, 0.05) is 16.2 Å². The zero-order valence-corrected chi connectivity index (χ0v) is 21.6. The smallest absolute Gasteiger partial charge is 0.276 e. The molecule has 0 unspecified atom stereocenters. The molecule has 0 saturated carbocycles. The minimum atomic E-state index is -0.307. The Morgan fingerprint density at radius 2 is 1.73 bits per heavy atom. The van der Waals surface area contributed by atoms with Gasteiger partial charge in [-0.15, -0.1) is 0 Å². The molecule has 0 radical (unpaired) electrons. The molecule has 4 aromatic rings. The summed E-state index contributed by atoms with van der Waals surface area (Å²) in [6.07, 6.45) is 1.75. The van der Waals surface area contributed by atoms with E-state index >= 15 is 0 Å². The quantitative estimate of drug-likeness (QED) is 0.349. The molecule has 1 amide bonds. The van der Waals surface area contributed by atoms with Gasteiger partial charge in [0.1, 0.15) is 6.67 Å². The Labute approximate surface area is 209 Å². The Bertz CT molecular complexity index is 1360. The number of nitrogens with one attached hydrogen (secondary N) is 1. The van der Waals surface area contributed by atoms with Crippen LogP contribution in [-0.2, 0) is 13.2 Å². The predicted molar refractivity (Wildman–Crippen MR) is 132 cm³/mol. The van der Waals surface area contributed by atoms with Gasteiger partial charge >= 0.3 is 0 Å². The van der Waals surface area contributed by atoms with Crippen molar-refractivity contribution in [2.75, 3.05) is 5.32 Å². The van der Waals surface area contributed by atoms with Crippen LogP contribution < -0.4 is 5.32 Å². The van der Waals surface area contributed by atoms with Gasteiger partial charge in [-0.2, -0.15) is 15.3 Å². The molecule has 0 aliphatic heterocycles. The van der Waals surface area contributed by atoms with Crippen LogP contribution in [-0.4, -0.2) is 35.2 Å². The minimum absolute atomic E-state index is 0.307. The summed E-state index contributed by atoms with van der Waals surface area (Å²) in [5, 5.41) is 17.5. The van der Waals surface area contributed by atoms with E-state index in [-0.39, 0.29) is 5.91 Å². The van der Waals surface area contributed by atoms with Crippen molar-refractivity contribution >= 4 is 50.7 Å². The molecule has 8 nitrogen and oxygen atoms in total. The van der Waals surface area contributed by atoms with E-state index in [2.05, 4.69) is 36.5 Å². The second-order valence-corrected chi connectivity index (χ2v) is 9.40. The molecule has 172 valence electrons. The fourth-order valence-electron chi connectivity index (χ4n) is 3.53. The molecule has 0 bridgehead atoms. The number of hydrogen-bond acceptors (Lipinski definition) is 4. The van der Waals surface area contributed by atoms with E-state index in [9.17, 15) is 4.79 Å². The van der Waals surface area contributed by atoms with E-state index in [0.29, 0.717) is 40.3 Å². The van der Waals surface area contributed by atoms with Gasteiger partial charge in [-0.3, -0.25) is 14.2 Å². The van der Waals surface area contributed by atoms with Gasteiger partial charge in [-0.25, -0.2) is 4.68 Å². The lowest BCUT2D eigenvalue weighted by molar-refractivity contribution is 0.102. The number of anilines is 1. The summed E-state index contributed by atoms with van der Waals surface area (Å²) in [5.41, 5.74) is 5.27. The summed E-state index contributed by atoms with van der Waals surface area (Å²) in [5.74, 6) is -0.307. The molecule has 1 N–H and O–H groups in total. The zero-order chi connectivity index (χ0) is 23.9. The zero-order valence-electron chi connectivity index (χ0n) is 18.5. The SMILES string of the molecule is Cc1nn(Cn2ccc(C(=O)Nc3c(C)nn(Cc4ccc(Cl)cc4Cl)c3C)n2)c(C)c1Br. The second-order valence-electron chi connectivity index (χ2n) is 7.76. The van der Waals surface area contributed by atoms with E-state index < -0.39 is 0 Å². The van der Waals surface area contributed by atoms with Crippen molar-refractivity contribution in [3.63, 3.8) is 0 Å². The predicted octanol–water partition coefficient (Wildman–Crippen LogP) is 5.39. The number of aryl methyl sites for hydroxylation is 2. The number of nitrogens with zero attached hydrogens (tertiary/aromatic N) is 6. The van der Waals surface area contributed by atoms with Crippen LogP contribution >= 0.6 is 39.1 Å². The first-order chi connectivity index (χ1) is 15.6. The third-order valence-corrected chi connectivity index (χ3v) is 7.14. The van der Waals surface area contributed by atoms with Crippen LogP contribution in [0.3, 0.4) is 0 Å². The van der Waals surface area contributed by atoms with Gasteiger partial charge in [-0.1, -0.05) is 29.3 Å². The molecule has 4 rings (SSSR count). The Balaban J connectivity index is 1.49. The van der Waals surface area contributed by atoms with Gasteiger partial charge in [0.25, 0.3) is 5.91 Å². The molecule has 0 aliphatic carbocycles. The third kappa shape index (κ3) is 4.85. The number of hydrogen-bond donors (Lipinski definition) is 1. The molecule has 11 heteroatoms. The molecule has 1 aromatic carbocycles. The van der Waals surface area contributed by atoms with Crippen molar-refractivity contribution in [2.24, 2.45) is 0 Å². The van der Waals surface area contributed by atoms with Gasteiger partial charge < -0.3 is 5.32 Å². The maximum absolute atomic E-state index is 12.9. The fraction of sp³-hybridized carbons (Fsp3) is 0.273. The number of carbonyl (C=O) groups is 1. The summed E-state index contributed by atoms with van der Waals surface area (Å²) < 4.78 is 6.27. The highest BCUT2D eigenvalue weighted by Gasteiger charge is 2.18. The summed E-state index contributed by atoms with van der Waals surface area (Å²) in [4.78, 5) is 12.9. The fourth-order valence-corrected chi connectivity index (χ4v) is 4.28. The van der Waals surface area contributed by atoms with Crippen molar-refractivity contribution in [2.45, 2.75) is 40.9 Å². The number of rotatable bonds is 6. The van der Waals surface area contributed by atoms with Crippen molar-refractivity contribution in [3.8, 4) is 0 Å². The summed E-state index contributed by atoms with van der Waals surface area (Å²) in [6, 6.07) is 7.04. The number of amides is 1. The molecule has 0 fully saturated rings. The standard InChI is InChI=1S/C22H22BrCl2N7O/c1-12-20(23)14(3)32(27-12)11-30-8-7-19(29-30)22(33)26-21-13(2)28-31(15(21)4)10-16-5-6-17(24)9-18(16)25/h5-9H,10-11H2,1-4H3,(H,26,33). The topological polar surface area (TPSA) is 82.6 Å². The van der Waals surface area contributed by atoms with E-state index in [1.54, 1.807) is 33.8 Å². The highest BCUT2D eigenvalue weighted by Crippen LogP contribution is 2.25. The van der Waals surface area contributed by atoms with E-state index in [1.807, 2.05) is 38.4 Å². The molecular formula is C22H22BrCl2N7O.